The van der Waals surface area contributed by atoms with Gasteiger partial charge in [-0.3, -0.25) is 14.9 Å². The Morgan fingerprint density at radius 3 is 2.58 bits per heavy atom. The van der Waals surface area contributed by atoms with Gasteiger partial charge in [-0.2, -0.15) is 0 Å². The van der Waals surface area contributed by atoms with Crippen molar-refractivity contribution in [3.05, 3.63) is 22.5 Å². The van der Waals surface area contributed by atoms with Gasteiger partial charge in [0.1, 0.15) is 6.61 Å². The molecule has 24 heavy (non-hydrogen) atoms. The number of primary amides is 1. The third kappa shape index (κ3) is 2.55. The van der Waals surface area contributed by atoms with Gasteiger partial charge in [-0.1, -0.05) is 0 Å². The Hall–Kier alpha value is -2.39. The number of hydrogen-bond donors (Lipinski definition) is 4. The molecule has 1 fully saturated rings. The predicted molar refractivity (Wildman–Crippen MR) is 84.2 cm³/mol. The number of ether oxygens (including phenoxy) is 1. The zero-order chi connectivity index (χ0) is 18.2. The summed E-state index contributed by atoms with van der Waals surface area (Å²) in [4.78, 5) is 37.9. The topological polar surface area (TPSA) is 148 Å². The van der Waals surface area contributed by atoms with Crippen LogP contribution in [0.2, 0.25) is 0 Å². The molecule has 1 amide bonds. The maximum Gasteiger partial charge on any atom is 0.404 e. The minimum Gasteiger partial charge on any atom is -0.449 e. The van der Waals surface area contributed by atoms with E-state index in [1.54, 1.807) is 6.92 Å². The molecule has 0 aromatic heterocycles. The first-order valence-corrected chi connectivity index (χ1v) is 7.51. The normalized spacial score (nSPS) is 28.5. The summed E-state index contributed by atoms with van der Waals surface area (Å²) in [5.74, 6) is -1.02. The fraction of sp³-hybridized carbons (Fsp3) is 0.533. The Labute approximate surface area is 139 Å². The van der Waals surface area contributed by atoms with E-state index in [2.05, 4.69) is 5.32 Å². The number of rotatable bonds is 2. The van der Waals surface area contributed by atoms with Crippen molar-refractivity contribution in [3.8, 4) is 0 Å². The van der Waals surface area contributed by atoms with Gasteiger partial charge in [0.15, 0.2) is 0 Å². The summed E-state index contributed by atoms with van der Waals surface area (Å²) in [5, 5.41) is 10.2. The van der Waals surface area contributed by atoms with Gasteiger partial charge in [0, 0.05) is 30.2 Å². The molecule has 0 aromatic carbocycles. The first-order valence-electron chi connectivity index (χ1n) is 7.51. The van der Waals surface area contributed by atoms with Crippen LogP contribution in [0.15, 0.2) is 22.5 Å². The SMILES string of the molecule is CC1=C(N)C(=O)C2=C(C1=O)N1CNC(C)C1[C@@H]2COC(N)=O.CO. The van der Waals surface area contributed by atoms with E-state index in [0.717, 1.165) is 7.11 Å². The molecule has 3 atom stereocenters. The summed E-state index contributed by atoms with van der Waals surface area (Å²) in [6.07, 6.45) is -0.909. The Morgan fingerprint density at radius 1 is 1.38 bits per heavy atom. The average Bonchev–Trinajstić information content (AvgIpc) is 3.09. The van der Waals surface area contributed by atoms with Crippen molar-refractivity contribution in [3.63, 3.8) is 0 Å². The van der Waals surface area contributed by atoms with E-state index in [0.29, 0.717) is 17.9 Å². The van der Waals surface area contributed by atoms with E-state index < -0.39 is 12.0 Å². The molecule has 2 unspecified atom stereocenters. The number of fused-ring (bicyclic) bond motifs is 2. The number of aliphatic hydroxyl groups excluding tert-OH is 1. The van der Waals surface area contributed by atoms with E-state index in [1.807, 2.05) is 11.8 Å². The molecular weight excluding hydrogens is 316 g/mol. The van der Waals surface area contributed by atoms with Crippen LogP contribution in [0, 0.1) is 5.92 Å². The van der Waals surface area contributed by atoms with Crippen molar-refractivity contribution in [2.24, 2.45) is 17.4 Å². The van der Waals surface area contributed by atoms with E-state index in [9.17, 15) is 14.4 Å². The number of ketones is 2. The molecule has 1 aliphatic carbocycles. The number of hydrogen-bond acceptors (Lipinski definition) is 8. The van der Waals surface area contributed by atoms with Crippen molar-refractivity contribution in [1.82, 2.24) is 10.2 Å². The number of amides is 1. The second-order valence-corrected chi connectivity index (χ2v) is 5.81. The first-order chi connectivity index (χ1) is 11.3. The van der Waals surface area contributed by atoms with Gasteiger partial charge in [-0.15, -0.1) is 0 Å². The van der Waals surface area contributed by atoms with Crippen molar-refractivity contribution < 1.29 is 24.2 Å². The molecule has 0 bridgehead atoms. The van der Waals surface area contributed by atoms with Gasteiger partial charge in [0.2, 0.25) is 11.6 Å². The lowest BCUT2D eigenvalue weighted by Gasteiger charge is -2.25. The van der Waals surface area contributed by atoms with Gasteiger partial charge in [0.05, 0.1) is 24.1 Å². The summed E-state index contributed by atoms with van der Waals surface area (Å²) in [5.41, 5.74) is 11.8. The van der Waals surface area contributed by atoms with Crippen LogP contribution in [0.3, 0.4) is 0 Å². The molecule has 6 N–H and O–H groups in total. The number of nitrogens with two attached hydrogens (primary N) is 2. The standard InChI is InChI=1S/C14H18N4O4.CH4O/c1-5-9(15)13(20)8-7(3-22-14(16)21)10-6(2)17-4-18(10)11(8)12(5)19;1-2/h6-7,10,17H,3-4,15H2,1-2H3,(H2,16,21);2H,1H3/t6?,7-,10?;/m1./s1. The highest BCUT2D eigenvalue weighted by Crippen LogP contribution is 2.42. The van der Waals surface area contributed by atoms with E-state index in [1.165, 1.54) is 0 Å². The molecule has 1 saturated heterocycles. The number of Topliss-reactive ketones (excluding diaryl/α,β-unsaturated/α-hetero) is 2. The number of carbonyl (C=O) groups is 3. The summed E-state index contributed by atoms with van der Waals surface area (Å²) >= 11 is 0. The summed E-state index contributed by atoms with van der Waals surface area (Å²) in [6.45, 7) is 3.92. The Balaban J connectivity index is 0.00000100. The number of aliphatic hydroxyl groups is 1. The monoisotopic (exact) mass is 338 g/mol. The van der Waals surface area contributed by atoms with Crippen molar-refractivity contribution in [2.75, 3.05) is 20.4 Å². The molecule has 2 aliphatic heterocycles. The van der Waals surface area contributed by atoms with Crippen LogP contribution in [-0.4, -0.2) is 60.1 Å². The minimum absolute atomic E-state index is 0.0328. The van der Waals surface area contributed by atoms with Gasteiger partial charge < -0.3 is 26.2 Å². The molecule has 9 heteroatoms. The van der Waals surface area contributed by atoms with Crippen molar-refractivity contribution in [1.29, 1.82) is 0 Å². The Kier molecular flexibility index (Phi) is 4.95. The number of allylic oxidation sites excluding steroid dienone is 2. The van der Waals surface area contributed by atoms with Crippen LogP contribution in [0.5, 0.6) is 0 Å². The highest BCUT2D eigenvalue weighted by molar-refractivity contribution is 6.25. The Morgan fingerprint density at radius 2 is 2.00 bits per heavy atom. The van der Waals surface area contributed by atoms with Crippen LogP contribution in [0.1, 0.15) is 13.8 Å². The molecule has 0 saturated carbocycles. The fourth-order valence-electron chi connectivity index (χ4n) is 3.53. The largest absolute Gasteiger partial charge is 0.449 e. The van der Waals surface area contributed by atoms with Crippen molar-refractivity contribution in [2.45, 2.75) is 25.9 Å². The molecule has 2 heterocycles. The second-order valence-electron chi connectivity index (χ2n) is 5.81. The summed E-state index contributed by atoms with van der Waals surface area (Å²) in [6, 6.07) is -0.106. The molecular formula is C15H22N4O5. The van der Waals surface area contributed by atoms with Crippen molar-refractivity contribution >= 4 is 17.7 Å². The van der Waals surface area contributed by atoms with E-state index in [-0.39, 0.29) is 41.5 Å². The molecule has 0 radical (unpaired) electrons. The first kappa shape index (κ1) is 18.0. The maximum absolute atomic E-state index is 12.5. The molecule has 3 aliphatic rings. The lowest BCUT2D eigenvalue weighted by atomic mass is 9.84. The zero-order valence-electron chi connectivity index (χ0n) is 13.8. The van der Waals surface area contributed by atoms with E-state index >= 15 is 0 Å². The van der Waals surface area contributed by atoms with Gasteiger partial charge in [-0.25, -0.2) is 4.79 Å². The average molecular weight is 338 g/mol. The maximum atomic E-state index is 12.5. The summed E-state index contributed by atoms with van der Waals surface area (Å²) in [7, 11) is 1.00. The molecule has 3 rings (SSSR count). The number of carbonyl (C=O) groups excluding carboxylic acids is 3. The second kappa shape index (κ2) is 6.62. The van der Waals surface area contributed by atoms with Gasteiger partial charge in [0.25, 0.3) is 0 Å². The molecule has 0 spiro atoms. The van der Waals surface area contributed by atoms with Crippen LogP contribution in [-0.2, 0) is 14.3 Å². The smallest absolute Gasteiger partial charge is 0.404 e. The fourth-order valence-corrected chi connectivity index (χ4v) is 3.53. The third-order valence-electron chi connectivity index (χ3n) is 4.64. The molecule has 132 valence electrons. The van der Waals surface area contributed by atoms with Gasteiger partial charge in [-0.05, 0) is 13.8 Å². The summed E-state index contributed by atoms with van der Waals surface area (Å²) < 4.78 is 4.91. The van der Waals surface area contributed by atoms with Crippen LogP contribution < -0.4 is 16.8 Å². The van der Waals surface area contributed by atoms with Crippen LogP contribution in [0.4, 0.5) is 4.79 Å². The van der Waals surface area contributed by atoms with Crippen LogP contribution in [0.25, 0.3) is 0 Å². The lowest BCUT2D eigenvalue weighted by Crippen LogP contribution is -2.39. The minimum atomic E-state index is -0.909. The molecule has 9 nitrogen and oxygen atoms in total. The Bertz CT molecular complexity index is 654. The molecule has 0 aromatic rings. The highest BCUT2D eigenvalue weighted by atomic mass is 16.5. The predicted octanol–water partition coefficient (Wildman–Crippen LogP) is -1.42. The highest BCUT2D eigenvalue weighted by Gasteiger charge is 2.53. The number of nitrogens with zero attached hydrogens (tertiary/aromatic N) is 1. The van der Waals surface area contributed by atoms with Gasteiger partial charge >= 0.3 is 6.09 Å². The van der Waals surface area contributed by atoms with Crippen LogP contribution >= 0.6 is 0 Å². The van der Waals surface area contributed by atoms with E-state index in [4.69, 9.17) is 21.3 Å². The number of nitrogens with one attached hydrogen (secondary N) is 1. The zero-order valence-corrected chi connectivity index (χ0v) is 13.8. The third-order valence-corrected chi connectivity index (χ3v) is 4.64. The lowest BCUT2D eigenvalue weighted by molar-refractivity contribution is -0.117. The quantitative estimate of drug-likeness (QED) is 0.448.